The van der Waals surface area contributed by atoms with Crippen molar-refractivity contribution in [3.05, 3.63) is 66.0 Å². The van der Waals surface area contributed by atoms with Crippen molar-refractivity contribution in [1.82, 2.24) is 9.78 Å². The van der Waals surface area contributed by atoms with Crippen molar-refractivity contribution in [2.75, 3.05) is 17.7 Å². The maximum atomic E-state index is 12.7. The summed E-state index contributed by atoms with van der Waals surface area (Å²) in [6.45, 7) is 1.76. The first kappa shape index (κ1) is 19.3. The molecule has 0 unspecified atom stereocenters. The van der Waals surface area contributed by atoms with Crippen molar-refractivity contribution in [1.29, 1.82) is 0 Å². The number of hydrogen-bond donors (Lipinski definition) is 1. The topological polar surface area (TPSA) is 73.4 Å². The highest BCUT2D eigenvalue weighted by molar-refractivity contribution is 6.06. The number of carbonyl (C=O) groups excluding carboxylic acids is 1. The van der Waals surface area contributed by atoms with Gasteiger partial charge in [-0.1, -0.05) is 0 Å². The molecule has 28 heavy (non-hydrogen) atoms. The smallest absolute Gasteiger partial charge is 0.406 e. The largest absolute Gasteiger partial charge is 0.573 e. The second-order valence-electron chi connectivity index (χ2n) is 6.07. The molecule has 3 rings (SSSR count). The molecule has 3 aromatic rings. The number of nitrogen functional groups attached to an aromatic ring is 1. The molecule has 1 aromatic heterocycles. The molecule has 2 N–H and O–H groups in total. The fourth-order valence-corrected chi connectivity index (χ4v) is 2.64. The molecule has 0 fully saturated rings. The van der Waals surface area contributed by atoms with Gasteiger partial charge in [0.25, 0.3) is 5.91 Å². The molecule has 0 saturated heterocycles. The maximum absolute atomic E-state index is 12.7. The Morgan fingerprint density at radius 2 is 1.71 bits per heavy atom. The molecule has 0 aliphatic carbocycles. The highest BCUT2D eigenvalue weighted by atomic mass is 19.4. The molecule has 0 saturated carbocycles. The first-order valence-corrected chi connectivity index (χ1v) is 8.20. The minimum absolute atomic E-state index is 0.219. The summed E-state index contributed by atoms with van der Waals surface area (Å²) in [5.41, 5.74) is 8.48. The molecule has 0 atom stereocenters. The molecular formula is C19H17F3N4O2. The van der Waals surface area contributed by atoms with Crippen LogP contribution in [0, 0.1) is 6.92 Å². The number of nitrogens with two attached hydrogens (primary N) is 1. The molecular weight excluding hydrogens is 373 g/mol. The molecule has 0 aliphatic heterocycles. The van der Waals surface area contributed by atoms with Gasteiger partial charge in [-0.3, -0.25) is 4.79 Å². The van der Waals surface area contributed by atoms with E-state index in [1.165, 1.54) is 17.0 Å². The number of rotatable bonds is 4. The first-order chi connectivity index (χ1) is 13.1. The zero-order chi connectivity index (χ0) is 20.5. The van der Waals surface area contributed by atoms with Gasteiger partial charge in [-0.15, -0.1) is 13.2 Å². The summed E-state index contributed by atoms with van der Waals surface area (Å²) >= 11 is 0. The van der Waals surface area contributed by atoms with E-state index in [-0.39, 0.29) is 11.3 Å². The molecule has 0 radical (unpaired) electrons. The Kier molecular flexibility index (Phi) is 5.00. The van der Waals surface area contributed by atoms with Crippen LogP contribution >= 0.6 is 0 Å². The minimum atomic E-state index is -4.78. The van der Waals surface area contributed by atoms with E-state index in [2.05, 4.69) is 9.84 Å². The number of aromatic nitrogens is 2. The number of ether oxygens (including phenoxy) is 1. The van der Waals surface area contributed by atoms with Gasteiger partial charge in [0.2, 0.25) is 0 Å². The Labute approximate surface area is 158 Å². The highest BCUT2D eigenvalue weighted by Crippen LogP contribution is 2.25. The Morgan fingerprint density at radius 3 is 2.29 bits per heavy atom. The van der Waals surface area contributed by atoms with Crippen molar-refractivity contribution in [2.45, 2.75) is 13.3 Å². The van der Waals surface area contributed by atoms with Gasteiger partial charge in [-0.2, -0.15) is 5.10 Å². The lowest BCUT2D eigenvalue weighted by atomic mass is 10.2. The Morgan fingerprint density at radius 1 is 1.11 bits per heavy atom. The van der Waals surface area contributed by atoms with Crippen LogP contribution in [0.2, 0.25) is 0 Å². The molecule has 6 nitrogen and oxygen atoms in total. The summed E-state index contributed by atoms with van der Waals surface area (Å²) in [5.74, 6) is -0.780. The van der Waals surface area contributed by atoms with Crippen LogP contribution in [0.15, 0.2) is 54.7 Å². The van der Waals surface area contributed by atoms with E-state index < -0.39 is 12.3 Å². The van der Waals surface area contributed by atoms with Gasteiger partial charge in [0, 0.05) is 18.3 Å². The van der Waals surface area contributed by atoms with E-state index in [4.69, 9.17) is 5.73 Å². The van der Waals surface area contributed by atoms with Crippen LogP contribution in [0.4, 0.5) is 24.5 Å². The van der Waals surface area contributed by atoms with Gasteiger partial charge in [0.1, 0.15) is 5.75 Å². The summed E-state index contributed by atoms with van der Waals surface area (Å²) in [4.78, 5) is 14.1. The van der Waals surface area contributed by atoms with Crippen molar-refractivity contribution >= 4 is 17.3 Å². The van der Waals surface area contributed by atoms with Crippen molar-refractivity contribution in [2.24, 2.45) is 0 Å². The molecule has 146 valence electrons. The molecule has 2 aromatic carbocycles. The van der Waals surface area contributed by atoms with E-state index in [0.717, 1.165) is 17.8 Å². The van der Waals surface area contributed by atoms with Crippen molar-refractivity contribution < 1.29 is 22.7 Å². The number of nitrogens with zero attached hydrogens (tertiary/aromatic N) is 3. The van der Waals surface area contributed by atoms with Crippen molar-refractivity contribution in [3.63, 3.8) is 0 Å². The Hall–Kier alpha value is -3.49. The number of anilines is 2. The molecule has 1 amide bonds. The SMILES string of the molecule is Cc1nn(-c2ccc(N)cc2)cc1N(C)C(=O)c1ccc(OC(F)(F)F)cc1. The van der Waals surface area contributed by atoms with Gasteiger partial charge in [0.15, 0.2) is 0 Å². The third-order valence-electron chi connectivity index (χ3n) is 4.03. The lowest BCUT2D eigenvalue weighted by Gasteiger charge is -2.16. The number of alkyl halides is 3. The zero-order valence-electron chi connectivity index (χ0n) is 15.1. The van der Waals surface area contributed by atoms with E-state index in [0.29, 0.717) is 17.1 Å². The van der Waals surface area contributed by atoms with E-state index in [1.807, 2.05) is 0 Å². The third kappa shape index (κ3) is 4.25. The number of halogens is 3. The Balaban J connectivity index is 1.81. The second-order valence-corrected chi connectivity index (χ2v) is 6.07. The predicted molar refractivity (Wildman–Crippen MR) is 98.6 cm³/mol. The monoisotopic (exact) mass is 390 g/mol. The second kappa shape index (κ2) is 7.26. The fraction of sp³-hybridized carbons (Fsp3) is 0.158. The summed E-state index contributed by atoms with van der Waals surface area (Å²) in [7, 11) is 1.57. The lowest BCUT2D eigenvalue weighted by Crippen LogP contribution is -2.26. The molecule has 9 heteroatoms. The average Bonchev–Trinajstić information content (AvgIpc) is 3.02. The van der Waals surface area contributed by atoms with Gasteiger partial charge in [0.05, 0.1) is 23.3 Å². The van der Waals surface area contributed by atoms with E-state index >= 15 is 0 Å². The number of carbonyl (C=O) groups is 1. The maximum Gasteiger partial charge on any atom is 0.573 e. The van der Waals surface area contributed by atoms with Crippen LogP contribution in [0.1, 0.15) is 16.1 Å². The number of hydrogen-bond acceptors (Lipinski definition) is 4. The Bertz CT molecular complexity index is 980. The molecule has 0 aliphatic rings. The summed E-state index contributed by atoms with van der Waals surface area (Å²) in [6.07, 6.45) is -3.09. The van der Waals surface area contributed by atoms with Crippen LogP contribution in [0.3, 0.4) is 0 Å². The van der Waals surface area contributed by atoms with Crippen LogP contribution in [0.5, 0.6) is 5.75 Å². The third-order valence-corrected chi connectivity index (χ3v) is 4.03. The van der Waals surface area contributed by atoms with Gasteiger partial charge in [-0.05, 0) is 55.5 Å². The zero-order valence-corrected chi connectivity index (χ0v) is 15.1. The summed E-state index contributed by atoms with van der Waals surface area (Å²) in [6, 6.07) is 11.8. The normalized spacial score (nSPS) is 11.3. The molecule has 1 heterocycles. The number of benzene rings is 2. The number of aryl methyl sites for hydroxylation is 1. The van der Waals surface area contributed by atoms with Crippen LogP contribution in [-0.2, 0) is 0 Å². The van der Waals surface area contributed by atoms with E-state index in [1.54, 1.807) is 49.1 Å². The summed E-state index contributed by atoms with van der Waals surface area (Å²) in [5, 5.41) is 4.40. The van der Waals surface area contributed by atoms with Crippen LogP contribution in [-0.4, -0.2) is 29.1 Å². The first-order valence-electron chi connectivity index (χ1n) is 8.20. The standard InChI is InChI=1S/C19H17F3N4O2/c1-12-17(11-26(24-12)15-7-5-14(23)6-8-15)25(2)18(27)13-3-9-16(10-4-13)28-19(20,21)22/h3-11H,23H2,1-2H3. The highest BCUT2D eigenvalue weighted by Gasteiger charge is 2.31. The van der Waals surface area contributed by atoms with Crippen LogP contribution in [0.25, 0.3) is 5.69 Å². The molecule has 0 spiro atoms. The van der Waals surface area contributed by atoms with Gasteiger partial charge in [-0.25, -0.2) is 4.68 Å². The van der Waals surface area contributed by atoms with Gasteiger partial charge >= 0.3 is 6.36 Å². The average molecular weight is 390 g/mol. The summed E-state index contributed by atoms with van der Waals surface area (Å²) < 4.78 is 42.2. The fourth-order valence-electron chi connectivity index (χ4n) is 2.64. The van der Waals surface area contributed by atoms with Gasteiger partial charge < -0.3 is 15.4 Å². The predicted octanol–water partition coefficient (Wildman–Crippen LogP) is 3.94. The van der Waals surface area contributed by atoms with Crippen molar-refractivity contribution in [3.8, 4) is 11.4 Å². The molecule has 0 bridgehead atoms. The van der Waals surface area contributed by atoms with Crippen LogP contribution < -0.4 is 15.4 Å². The number of amides is 1. The van der Waals surface area contributed by atoms with E-state index in [9.17, 15) is 18.0 Å². The quantitative estimate of drug-likeness (QED) is 0.685. The lowest BCUT2D eigenvalue weighted by molar-refractivity contribution is -0.274. The minimum Gasteiger partial charge on any atom is -0.406 e.